The van der Waals surface area contributed by atoms with Gasteiger partial charge >= 0.3 is 0 Å². The number of nitrogens with one attached hydrogen (secondary N) is 1. The van der Waals surface area contributed by atoms with Crippen LogP contribution in [0.2, 0.25) is 0 Å². The number of morpholine rings is 1. The van der Waals surface area contributed by atoms with Gasteiger partial charge in [-0.2, -0.15) is 4.31 Å². The largest absolute Gasteiger partial charge is 0.379 e. The molecule has 1 amide bonds. The number of anilines is 1. The fourth-order valence-electron chi connectivity index (χ4n) is 4.12. The molecule has 148 valence electrons. The van der Waals surface area contributed by atoms with Crippen molar-refractivity contribution < 1.29 is 22.4 Å². The minimum atomic E-state index is -3.51. The van der Waals surface area contributed by atoms with Gasteiger partial charge in [-0.1, -0.05) is 0 Å². The van der Waals surface area contributed by atoms with Gasteiger partial charge in [-0.3, -0.25) is 9.69 Å². The van der Waals surface area contributed by atoms with E-state index in [0.717, 1.165) is 43.8 Å². The van der Waals surface area contributed by atoms with Crippen molar-refractivity contribution in [2.45, 2.75) is 4.90 Å². The molecule has 8 nitrogen and oxygen atoms in total. The molecular weight excluding hydrogens is 368 g/mol. The molecule has 4 aliphatic heterocycles. The van der Waals surface area contributed by atoms with Gasteiger partial charge in [0.1, 0.15) is 0 Å². The standard InChI is InChI=1S/C18H26N4O4S/c23-18(15-22-10-5-20(6-11-22)7-12-22)19-16-1-3-17(4-2-16)27(24,25)21-8-13-26-14-9-21/h1-4H,5-15H2/p+1. The predicted octanol–water partition coefficient (Wildman–Crippen LogP) is -0.208. The summed E-state index contributed by atoms with van der Waals surface area (Å²) in [6.45, 7) is 8.39. The van der Waals surface area contributed by atoms with Crippen molar-refractivity contribution in [3.63, 3.8) is 0 Å². The van der Waals surface area contributed by atoms with Crippen LogP contribution in [0, 0.1) is 0 Å². The van der Waals surface area contributed by atoms with Crippen molar-refractivity contribution in [1.82, 2.24) is 9.21 Å². The first-order chi connectivity index (χ1) is 13.0. The normalized spacial score (nSPS) is 28.8. The van der Waals surface area contributed by atoms with Crippen molar-refractivity contribution >= 4 is 21.6 Å². The van der Waals surface area contributed by atoms with Gasteiger partial charge in [0, 0.05) is 38.4 Å². The van der Waals surface area contributed by atoms with Crippen molar-refractivity contribution in [3.05, 3.63) is 24.3 Å². The number of hydrogen-bond acceptors (Lipinski definition) is 5. The van der Waals surface area contributed by atoms with Gasteiger partial charge in [0.15, 0.2) is 6.54 Å². The highest BCUT2D eigenvalue weighted by Gasteiger charge is 2.39. The fraction of sp³-hybridized carbons (Fsp3) is 0.611. The zero-order valence-corrected chi connectivity index (χ0v) is 16.3. The molecule has 4 fully saturated rings. The lowest BCUT2D eigenvalue weighted by molar-refractivity contribution is -0.933. The van der Waals surface area contributed by atoms with E-state index in [1.807, 2.05) is 0 Å². The number of carbonyl (C=O) groups is 1. The third-order valence-corrected chi connectivity index (χ3v) is 7.81. The lowest BCUT2D eigenvalue weighted by Crippen LogP contribution is -2.68. The number of benzene rings is 1. The molecule has 0 aliphatic carbocycles. The Bertz CT molecular complexity index is 768. The molecule has 4 saturated heterocycles. The summed E-state index contributed by atoms with van der Waals surface area (Å²) >= 11 is 0. The Hall–Kier alpha value is -1.52. The highest BCUT2D eigenvalue weighted by molar-refractivity contribution is 7.89. The Morgan fingerprint density at radius 1 is 1.00 bits per heavy atom. The van der Waals surface area contributed by atoms with E-state index in [2.05, 4.69) is 10.2 Å². The number of fused-ring (bicyclic) bond motifs is 3. The molecule has 1 aromatic carbocycles. The van der Waals surface area contributed by atoms with E-state index in [9.17, 15) is 13.2 Å². The average molecular weight is 396 g/mol. The maximum Gasteiger partial charge on any atom is 0.279 e. The smallest absolute Gasteiger partial charge is 0.279 e. The molecule has 0 spiro atoms. The Kier molecular flexibility index (Phi) is 5.21. The second kappa shape index (κ2) is 7.48. The maximum absolute atomic E-state index is 12.6. The lowest BCUT2D eigenvalue weighted by Gasteiger charge is -2.50. The summed E-state index contributed by atoms with van der Waals surface area (Å²) in [6.07, 6.45) is 0. The van der Waals surface area contributed by atoms with Crippen LogP contribution in [0.1, 0.15) is 0 Å². The van der Waals surface area contributed by atoms with Crippen LogP contribution in [0.15, 0.2) is 29.2 Å². The van der Waals surface area contributed by atoms with Crippen LogP contribution in [0.25, 0.3) is 0 Å². The first kappa shape index (κ1) is 18.8. The molecule has 1 aromatic rings. The number of amides is 1. The fourth-order valence-corrected chi connectivity index (χ4v) is 5.53. The number of rotatable bonds is 5. The summed E-state index contributed by atoms with van der Waals surface area (Å²) in [5, 5.41) is 2.93. The van der Waals surface area contributed by atoms with E-state index in [-0.39, 0.29) is 10.8 Å². The number of piperazine rings is 3. The Morgan fingerprint density at radius 2 is 1.59 bits per heavy atom. The van der Waals surface area contributed by atoms with Crippen LogP contribution in [-0.2, 0) is 19.6 Å². The quantitative estimate of drug-likeness (QED) is 0.698. The number of quaternary nitrogens is 1. The zero-order valence-electron chi connectivity index (χ0n) is 15.5. The number of ether oxygens (including phenoxy) is 1. The maximum atomic E-state index is 12.6. The number of sulfonamides is 1. The monoisotopic (exact) mass is 395 g/mol. The van der Waals surface area contributed by atoms with Gasteiger partial charge < -0.3 is 14.5 Å². The molecule has 1 N–H and O–H groups in total. The van der Waals surface area contributed by atoms with E-state index in [1.54, 1.807) is 24.3 Å². The molecule has 0 saturated carbocycles. The van der Waals surface area contributed by atoms with Gasteiger partial charge in [0.2, 0.25) is 10.0 Å². The lowest BCUT2D eigenvalue weighted by atomic mass is 10.1. The van der Waals surface area contributed by atoms with Crippen LogP contribution in [0.5, 0.6) is 0 Å². The minimum absolute atomic E-state index is 0.00543. The molecular formula is C18H27N4O4S+. The van der Waals surface area contributed by atoms with E-state index in [4.69, 9.17) is 4.74 Å². The van der Waals surface area contributed by atoms with Gasteiger partial charge in [-0.05, 0) is 24.3 Å². The summed E-state index contributed by atoms with van der Waals surface area (Å²) in [5.74, 6) is -0.00543. The Morgan fingerprint density at radius 3 is 2.19 bits per heavy atom. The predicted molar refractivity (Wildman–Crippen MR) is 101 cm³/mol. The molecule has 0 unspecified atom stereocenters. The van der Waals surface area contributed by atoms with E-state index in [1.165, 1.54) is 4.31 Å². The third kappa shape index (κ3) is 4.02. The van der Waals surface area contributed by atoms with Gasteiger partial charge in [0.25, 0.3) is 5.91 Å². The van der Waals surface area contributed by atoms with Gasteiger partial charge in [-0.25, -0.2) is 8.42 Å². The van der Waals surface area contributed by atoms with E-state index in [0.29, 0.717) is 38.5 Å². The molecule has 0 aromatic heterocycles. The molecule has 4 heterocycles. The van der Waals surface area contributed by atoms with E-state index < -0.39 is 10.0 Å². The molecule has 0 atom stereocenters. The number of nitrogens with zero attached hydrogens (tertiary/aromatic N) is 3. The Balaban J connectivity index is 1.38. The van der Waals surface area contributed by atoms with Crippen molar-refractivity contribution in [2.75, 3.05) is 77.4 Å². The van der Waals surface area contributed by atoms with Crippen LogP contribution >= 0.6 is 0 Å². The van der Waals surface area contributed by atoms with Crippen LogP contribution in [-0.4, -0.2) is 100 Å². The molecule has 0 radical (unpaired) electrons. The summed E-state index contributed by atoms with van der Waals surface area (Å²) in [7, 11) is -3.51. The number of hydrogen-bond donors (Lipinski definition) is 1. The SMILES string of the molecule is O=C(C[N+]12CCN(CC1)CC2)Nc1ccc(S(=O)(=O)N2CCOCC2)cc1. The van der Waals surface area contributed by atoms with Crippen LogP contribution in [0.3, 0.4) is 0 Å². The summed E-state index contributed by atoms with van der Waals surface area (Å²) in [6, 6.07) is 6.46. The van der Waals surface area contributed by atoms with Crippen molar-refractivity contribution in [3.8, 4) is 0 Å². The molecule has 5 rings (SSSR count). The highest BCUT2D eigenvalue weighted by Crippen LogP contribution is 2.21. The Labute approximate surface area is 160 Å². The van der Waals surface area contributed by atoms with Crippen LogP contribution in [0.4, 0.5) is 5.69 Å². The first-order valence-corrected chi connectivity index (χ1v) is 11.0. The zero-order chi connectivity index (χ0) is 18.9. The third-order valence-electron chi connectivity index (χ3n) is 5.90. The molecule has 4 aliphatic rings. The summed E-state index contributed by atoms with van der Waals surface area (Å²) in [4.78, 5) is 15.2. The second-order valence-corrected chi connectivity index (χ2v) is 9.54. The number of carbonyl (C=O) groups excluding carboxylic acids is 1. The first-order valence-electron chi connectivity index (χ1n) is 9.52. The van der Waals surface area contributed by atoms with Crippen molar-refractivity contribution in [1.29, 1.82) is 0 Å². The summed E-state index contributed by atoms with van der Waals surface area (Å²) < 4.78 is 32.8. The second-order valence-electron chi connectivity index (χ2n) is 7.60. The molecule has 2 bridgehead atoms. The topological polar surface area (TPSA) is 79.0 Å². The van der Waals surface area contributed by atoms with Crippen LogP contribution < -0.4 is 5.32 Å². The van der Waals surface area contributed by atoms with Gasteiger partial charge in [0.05, 0.1) is 37.7 Å². The molecule has 27 heavy (non-hydrogen) atoms. The highest BCUT2D eigenvalue weighted by atomic mass is 32.2. The minimum Gasteiger partial charge on any atom is -0.379 e. The average Bonchev–Trinajstić information content (AvgIpc) is 2.70. The molecule has 9 heteroatoms. The summed E-state index contributed by atoms with van der Waals surface area (Å²) in [5.41, 5.74) is 0.634. The van der Waals surface area contributed by atoms with Crippen molar-refractivity contribution in [2.24, 2.45) is 0 Å². The van der Waals surface area contributed by atoms with Gasteiger partial charge in [-0.15, -0.1) is 0 Å². The van der Waals surface area contributed by atoms with E-state index >= 15 is 0 Å².